The van der Waals surface area contributed by atoms with Crippen LogP contribution in [-0.2, 0) is 13.1 Å². The number of ether oxygens (including phenoxy) is 2. The molecule has 0 bridgehead atoms. The average molecular weight is 413 g/mol. The van der Waals surface area contributed by atoms with Crippen molar-refractivity contribution in [1.82, 2.24) is 19.2 Å². The Balaban J connectivity index is 1.19. The number of aromatic nitrogens is 2. The Morgan fingerprint density at radius 1 is 0.966 bits per heavy atom. The lowest BCUT2D eigenvalue weighted by Gasteiger charge is -2.34. The van der Waals surface area contributed by atoms with Crippen LogP contribution in [0.1, 0.15) is 17.7 Å². The van der Waals surface area contributed by atoms with Gasteiger partial charge in [0, 0.05) is 58.1 Å². The summed E-state index contributed by atoms with van der Waals surface area (Å²) in [6, 6.07) is 10.2. The first-order chi connectivity index (χ1) is 14.2. The van der Waals surface area contributed by atoms with E-state index >= 15 is 0 Å². The predicted molar refractivity (Wildman–Crippen MR) is 113 cm³/mol. The summed E-state index contributed by atoms with van der Waals surface area (Å²) in [5.74, 6) is 1.46. The number of benzene rings is 1. The molecule has 29 heavy (non-hydrogen) atoms. The zero-order valence-electron chi connectivity index (χ0n) is 16.4. The zero-order chi connectivity index (χ0) is 19.6. The van der Waals surface area contributed by atoms with Gasteiger partial charge in [-0.2, -0.15) is 0 Å². The van der Waals surface area contributed by atoms with E-state index in [-0.39, 0.29) is 0 Å². The molecule has 0 atom stereocenters. The second-order valence-corrected chi connectivity index (χ2v) is 8.11. The molecule has 0 amide bonds. The number of imidazole rings is 1. The topological polar surface area (TPSA) is 42.2 Å². The number of nitrogens with zero attached hydrogens (tertiary/aromatic N) is 4. The van der Waals surface area contributed by atoms with E-state index in [0.29, 0.717) is 24.0 Å². The molecule has 6 nitrogen and oxygen atoms in total. The first kappa shape index (κ1) is 18.7. The third-order valence-corrected chi connectivity index (χ3v) is 5.81. The molecule has 1 saturated heterocycles. The minimum atomic E-state index is 0.643. The molecule has 7 heteroatoms. The van der Waals surface area contributed by atoms with E-state index in [2.05, 4.69) is 26.5 Å². The van der Waals surface area contributed by atoms with Crippen LogP contribution in [0.5, 0.6) is 11.5 Å². The van der Waals surface area contributed by atoms with E-state index in [9.17, 15) is 0 Å². The van der Waals surface area contributed by atoms with Crippen LogP contribution < -0.4 is 9.47 Å². The van der Waals surface area contributed by atoms with Crippen molar-refractivity contribution in [3.8, 4) is 11.5 Å². The van der Waals surface area contributed by atoms with Crippen LogP contribution >= 0.6 is 11.6 Å². The van der Waals surface area contributed by atoms with E-state index in [4.69, 9.17) is 26.1 Å². The Hall–Kier alpha value is -2.28. The minimum Gasteiger partial charge on any atom is -0.489 e. The third kappa shape index (κ3) is 4.20. The van der Waals surface area contributed by atoms with Crippen LogP contribution in [0.4, 0.5) is 0 Å². The van der Waals surface area contributed by atoms with E-state index in [1.165, 1.54) is 5.56 Å². The van der Waals surface area contributed by atoms with Gasteiger partial charge in [0.25, 0.3) is 0 Å². The van der Waals surface area contributed by atoms with E-state index in [1.807, 2.05) is 30.5 Å². The van der Waals surface area contributed by atoms with E-state index < -0.39 is 0 Å². The first-order valence-electron chi connectivity index (χ1n) is 10.2. The van der Waals surface area contributed by atoms with Gasteiger partial charge in [0.1, 0.15) is 5.65 Å². The Bertz CT molecular complexity index is 965. The molecule has 4 heterocycles. The Morgan fingerprint density at radius 3 is 2.59 bits per heavy atom. The SMILES string of the molecule is Clc1cc(CN2CCN(Cc3cn4ccccc4n3)CC2)cc2c1OCCCO2. The van der Waals surface area contributed by atoms with Crippen LogP contribution in [0.25, 0.3) is 5.65 Å². The van der Waals surface area contributed by atoms with Gasteiger partial charge in [-0.1, -0.05) is 17.7 Å². The summed E-state index contributed by atoms with van der Waals surface area (Å²) in [4.78, 5) is 9.66. The zero-order valence-corrected chi connectivity index (χ0v) is 17.1. The van der Waals surface area contributed by atoms with Crippen LogP contribution in [0.15, 0.2) is 42.7 Å². The fourth-order valence-corrected chi connectivity index (χ4v) is 4.32. The standard InChI is InChI=1S/C22H25ClN4O2/c23-19-12-17(13-20-22(19)29-11-3-10-28-20)14-25-6-8-26(9-7-25)15-18-16-27-5-2-1-4-21(27)24-18/h1-2,4-5,12-13,16H,3,6-11,14-15H2. The maximum absolute atomic E-state index is 6.44. The van der Waals surface area contributed by atoms with E-state index in [1.54, 1.807) is 0 Å². The van der Waals surface area contributed by atoms with Crippen LogP contribution in [0.3, 0.4) is 0 Å². The highest BCUT2D eigenvalue weighted by Crippen LogP contribution is 2.38. The lowest BCUT2D eigenvalue weighted by atomic mass is 10.1. The van der Waals surface area contributed by atoms with Gasteiger partial charge >= 0.3 is 0 Å². The van der Waals surface area contributed by atoms with Gasteiger partial charge < -0.3 is 13.9 Å². The van der Waals surface area contributed by atoms with Crippen molar-refractivity contribution < 1.29 is 9.47 Å². The Morgan fingerprint density at radius 2 is 1.76 bits per heavy atom. The van der Waals surface area contributed by atoms with Crippen molar-refractivity contribution in [3.63, 3.8) is 0 Å². The summed E-state index contributed by atoms with van der Waals surface area (Å²) in [6.45, 7) is 7.22. The van der Waals surface area contributed by atoms with Gasteiger partial charge in [-0.25, -0.2) is 4.98 Å². The highest BCUT2D eigenvalue weighted by molar-refractivity contribution is 6.32. The fourth-order valence-electron chi connectivity index (χ4n) is 4.03. The lowest BCUT2D eigenvalue weighted by molar-refractivity contribution is 0.121. The Kier molecular flexibility index (Phi) is 5.31. The van der Waals surface area contributed by atoms with Crippen molar-refractivity contribution in [1.29, 1.82) is 0 Å². The van der Waals surface area contributed by atoms with Crippen molar-refractivity contribution in [3.05, 3.63) is 59.0 Å². The summed E-state index contributed by atoms with van der Waals surface area (Å²) in [5.41, 5.74) is 3.31. The largest absolute Gasteiger partial charge is 0.489 e. The molecule has 152 valence electrons. The van der Waals surface area contributed by atoms with Crippen LogP contribution in [0.2, 0.25) is 5.02 Å². The molecule has 2 aliphatic rings. The molecule has 2 aromatic heterocycles. The maximum atomic E-state index is 6.44. The molecule has 3 aromatic rings. The number of piperazine rings is 1. The molecule has 0 unspecified atom stereocenters. The first-order valence-corrected chi connectivity index (χ1v) is 10.6. The molecule has 2 aliphatic heterocycles. The molecule has 1 aromatic carbocycles. The Labute approximate surface area is 175 Å². The maximum Gasteiger partial charge on any atom is 0.179 e. The molecule has 0 radical (unpaired) electrons. The van der Waals surface area contributed by atoms with Gasteiger partial charge in [-0.3, -0.25) is 9.80 Å². The monoisotopic (exact) mass is 412 g/mol. The summed E-state index contributed by atoms with van der Waals surface area (Å²) < 4.78 is 13.6. The van der Waals surface area contributed by atoms with Crippen LogP contribution in [0, 0.1) is 0 Å². The molecule has 1 fully saturated rings. The summed E-state index contributed by atoms with van der Waals surface area (Å²) >= 11 is 6.44. The summed E-state index contributed by atoms with van der Waals surface area (Å²) in [5, 5.41) is 0.643. The van der Waals surface area contributed by atoms with Crippen molar-refractivity contribution in [2.24, 2.45) is 0 Å². The normalized spacial score (nSPS) is 18.1. The van der Waals surface area contributed by atoms with Gasteiger partial charge in [-0.05, 0) is 29.8 Å². The second-order valence-electron chi connectivity index (χ2n) is 7.71. The predicted octanol–water partition coefficient (Wildman–Crippen LogP) is 3.47. The number of hydrogen-bond acceptors (Lipinski definition) is 5. The quantitative estimate of drug-likeness (QED) is 0.656. The number of pyridine rings is 1. The summed E-state index contributed by atoms with van der Waals surface area (Å²) in [7, 11) is 0. The highest BCUT2D eigenvalue weighted by Gasteiger charge is 2.20. The molecule has 0 aliphatic carbocycles. The summed E-state index contributed by atoms with van der Waals surface area (Å²) in [6.07, 6.45) is 5.06. The molecule has 0 N–H and O–H groups in total. The lowest BCUT2D eigenvalue weighted by Crippen LogP contribution is -2.45. The van der Waals surface area contributed by atoms with Crippen LogP contribution in [-0.4, -0.2) is 58.6 Å². The molecule has 5 rings (SSSR count). The fraction of sp³-hybridized carbons (Fsp3) is 0.409. The van der Waals surface area contributed by atoms with Crippen molar-refractivity contribution in [2.45, 2.75) is 19.5 Å². The van der Waals surface area contributed by atoms with Crippen molar-refractivity contribution in [2.75, 3.05) is 39.4 Å². The molecule has 0 spiro atoms. The highest BCUT2D eigenvalue weighted by atomic mass is 35.5. The minimum absolute atomic E-state index is 0.643. The third-order valence-electron chi connectivity index (χ3n) is 5.53. The smallest absolute Gasteiger partial charge is 0.179 e. The number of fused-ring (bicyclic) bond motifs is 2. The van der Waals surface area contributed by atoms with Gasteiger partial charge in [-0.15, -0.1) is 0 Å². The van der Waals surface area contributed by atoms with Gasteiger partial charge in [0.2, 0.25) is 0 Å². The molecule has 0 saturated carbocycles. The van der Waals surface area contributed by atoms with E-state index in [0.717, 1.165) is 62.8 Å². The average Bonchev–Trinajstić information content (AvgIpc) is 2.97. The van der Waals surface area contributed by atoms with Gasteiger partial charge in [0.15, 0.2) is 11.5 Å². The van der Waals surface area contributed by atoms with Gasteiger partial charge in [0.05, 0.1) is 23.9 Å². The number of halogens is 1. The second kappa shape index (κ2) is 8.22. The number of hydrogen-bond donors (Lipinski definition) is 0. The molecular weight excluding hydrogens is 388 g/mol. The number of rotatable bonds is 4. The van der Waals surface area contributed by atoms with Crippen molar-refractivity contribution >= 4 is 17.2 Å². The molecular formula is C22H25ClN4O2.